The molecule has 5 heteroatoms. The molecule has 0 aromatic rings. The van der Waals surface area contributed by atoms with E-state index in [1.165, 1.54) is 0 Å². The first-order chi connectivity index (χ1) is 3.33. The van der Waals surface area contributed by atoms with Crippen LogP contribution in [0.4, 0.5) is 0 Å². The molecule has 0 bridgehead atoms. The van der Waals surface area contributed by atoms with Crippen molar-refractivity contribution in [1.29, 1.82) is 0 Å². The minimum Gasteiger partial charge on any atom is -0.221 e. The fourth-order valence-corrected chi connectivity index (χ4v) is 0. The van der Waals surface area contributed by atoms with Crippen molar-refractivity contribution in [2.75, 3.05) is 0 Å². The van der Waals surface area contributed by atoms with E-state index in [1.807, 2.05) is 0 Å². The molecule has 0 N–H and O–H groups in total. The van der Waals surface area contributed by atoms with Crippen LogP contribution >= 0.6 is 0 Å². The molecule has 0 rings (SSSR count). The fourth-order valence-electron chi connectivity index (χ4n) is 0. The van der Waals surface area contributed by atoms with Gasteiger partial charge in [-0.25, -0.2) is 9.59 Å². The summed E-state index contributed by atoms with van der Waals surface area (Å²) in [5.74, 6) is 1.75. The summed E-state index contributed by atoms with van der Waals surface area (Å²) in [7, 11) is 0. The van der Waals surface area contributed by atoms with Crippen molar-refractivity contribution in [3.8, 4) is 0 Å². The van der Waals surface area contributed by atoms with Gasteiger partial charge in [0, 0.05) is 17.1 Å². The second-order valence-electron chi connectivity index (χ2n) is 0.287. The van der Waals surface area contributed by atoms with Gasteiger partial charge < -0.3 is 0 Å². The van der Waals surface area contributed by atoms with E-state index in [0.717, 1.165) is 11.9 Å². The van der Waals surface area contributed by atoms with Crippen LogP contribution in [0.1, 0.15) is 14.9 Å². The Bertz CT molecular complexity index is 117. The van der Waals surface area contributed by atoms with Crippen molar-refractivity contribution < 1.29 is 36.2 Å². The molecule has 0 spiro atoms. The van der Waals surface area contributed by atoms with Crippen molar-refractivity contribution in [3.05, 3.63) is 0 Å². The zero-order chi connectivity index (χ0) is 6.12. The van der Waals surface area contributed by atoms with Crippen LogP contribution in [0.15, 0.2) is 0 Å². The largest absolute Gasteiger partial charge is 0.373 e. The molecule has 0 aromatic carbocycles. The van der Waals surface area contributed by atoms with Gasteiger partial charge in [0.2, 0.25) is 11.9 Å². The molecule has 0 aromatic heterocycles. The van der Waals surface area contributed by atoms with Crippen LogP contribution in [-0.2, 0) is 36.2 Å². The predicted molar refractivity (Wildman–Crippen MR) is 29.9 cm³/mol. The predicted octanol–water partition coefficient (Wildman–Crippen LogP) is -0.108. The van der Waals surface area contributed by atoms with Crippen LogP contribution in [0.25, 0.3) is 0 Å². The number of hydrogen-bond donors (Lipinski definition) is 0. The molecule has 0 unspecified atom stereocenters. The molecule has 60 valence electrons. The average molecular weight is 188 g/mol. The summed E-state index contributed by atoms with van der Waals surface area (Å²) >= 11 is 0. The van der Waals surface area contributed by atoms with Gasteiger partial charge in [0.05, 0.1) is 0 Å². The number of carbonyl (C=O) groups excluding carboxylic acids is 4. The third-order valence-electron chi connectivity index (χ3n) is 0.0417. The first-order valence-corrected chi connectivity index (χ1v) is 1.07. The van der Waals surface area contributed by atoms with E-state index in [2.05, 4.69) is 0 Å². The number of hydrogen-bond acceptors (Lipinski definition) is 4. The maximum absolute atomic E-state index is 8.62. The summed E-state index contributed by atoms with van der Waals surface area (Å²) in [6.07, 6.45) is 0.250. The van der Waals surface area contributed by atoms with E-state index < -0.39 is 0 Å². The van der Waals surface area contributed by atoms with E-state index in [9.17, 15) is 0 Å². The smallest absolute Gasteiger partial charge is 0.221 e. The Kier molecular flexibility index (Phi) is 338. The fraction of sp³-hybridized carbons (Fsp3) is 0.400. The van der Waals surface area contributed by atoms with Gasteiger partial charge in [-0.05, 0) is 0 Å². The summed E-state index contributed by atoms with van der Waals surface area (Å²) in [6, 6.07) is 0. The molecule has 0 saturated carbocycles. The van der Waals surface area contributed by atoms with Crippen LogP contribution < -0.4 is 0 Å². The molecule has 0 amide bonds. The summed E-state index contributed by atoms with van der Waals surface area (Å²) in [5, 5.41) is 0. The van der Waals surface area contributed by atoms with Crippen LogP contribution in [-0.4, -0.2) is 18.0 Å². The Morgan fingerprint density at radius 1 is 0.700 bits per heavy atom. The molecular formula is C5H8FeO4. The van der Waals surface area contributed by atoms with Gasteiger partial charge in [0.1, 0.15) is 0 Å². The summed E-state index contributed by atoms with van der Waals surface area (Å²) in [5.41, 5.74) is 0. The van der Waals surface area contributed by atoms with Gasteiger partial charge in [-0.1, -0.05) is 14.9 Å². The van der Waals surface area contributed by atoms with Crippen LogP contribution in [0.2, 0.25) is 0 Å². The molecule has 0 saturated heterocycles. The Morgan fingerprint density at radius 3 is 0.800 bits per heavy atom. The quantitative estimate of drug-likeness (QED) is 0.392. The average Bonchev–Trinajstić information content (AvgIpc) is 1.69. The Hall–Kier alpha value is -0.941. The van der Waals surface area contributed by atoms with E-state index in [0.29, 0.717) is 0 Å². The Labute approximate surface area is 69.8 Å². The topological polar surface area (TPSA) is 68.3 Å². The third kappa shape index (κ3) is 73300. The van der Waals surface area contributed by atoms with Gasteiger partial charge in [-0.3, -0.25) is 0 Å². The minimum absolute atomic E-state index is 0. The molecule has 0 radical (unpaired) electrons. The number of rotatable bonds is 0. The SMILES string of the molecule is C.C.O=C=C=O.O=C=O.[Fe]. The molecule has 0 atom stereocenters. The minimum atomic E-state index is 0. The van der Waals surface area contributed by atoms with Crippen LogP contribution in [0.5, 0.6) is 0 Å². The van der Waals surface area contributed by atoms with Crippen LogP contribution in [0, 0.1) is 0 Å². The standard InChI is InChI=1S/C2O2.CO2.2CH4.Fe/c3-1-2-4;2-1-3;;;/h;;2*1H4;. The van der Waals surface area contributed by atoms with Crippen molar-refractivity contribution in [3.63, 3.8) is 0 Å². The Balaban J connectivity index is -0.0000000131. The maximum atomic E-state index is 8.62. The molecule has 0 aliphatic heterocycles. The van der Waals surface area contributed by atoms with Crippen molar-refractivity contribution >= 4 is 18.0 Å². The van der Waals surface area contributed by atoms with Crippen molar-refractivity contribution in [1.82, 2.24) is 0 Å². The molecule has 0 fully saturated rings. The summed E-state index contributed by atoms with van der Waals surface area (Å²) < 4.78 is 0. The first kappa shape index (κ1) is 35.7. The van der Waals surface area contributed by atoms with Gasteiger partial charge in [0.15, 0.2) is 0 Å². The van der Waals surface area contributed by atoms with Gasteiger partial charge in [-0.15, -0.1) is 0 Å². The normalized spacial score (nSPS) is 2.00. The van der Waals surface area contributed by atoms with Gasteiger partial charge >= 0.3 is 6.15 Å². The zero-order valence-corrected chi connectivity index (χ0v) is 4.59. The molecule has 4 nitrogen and oxygen atoms in total. The van der Waals surface area contributed by atoms with E-state index in [-0.39, 0.29) is 38.1 Å². The molecule has 0 aliphatic carbocycles. The van der Waals surface area contributed by atoms with Gasteiger partial charge in [-0.2, -0.15) is 9.59 Å². The zero-order valence-electron chi connectivity index (χ0n) is 3.49. The second-order valence-corrected chi connectivity index (χ2v) is 0.287. The molecule has 10 heavy (non-hydrogen) atoms. The first-order valence-electron chi connectivity index (χ1n) is 1.07. The van der Waals surface area contributed by atoms with Gasteiger partial charge in [0.25, 0.3) is 0 Å². The Morgan fingerprint density at radius 2 is 0.800 bits per heavy atom. The maximum Gasteiger partial charge on any atom is 0.373 e. The van der Waals surface area contributed by atoms with E-state index >= 15 is 0 Å². The molecular weight excluding hydrogens is 180 g/mol. The summed E-state index contributed by atoms with van der Waals surface area (Å²) in [6.45, 7) is 0. The van der Waals surface area contributed by atoms with Crippen LogP contribution in [0.3, 0.4) is 0 Å². The van der Waals surface area contributed by atoms with Crippen molar-refractivity contribution in [2.45, 2.75) is 14.9 Å². The van der Waals surface area contributed by atoms with Crippen molar-refractivity contribution in [2.24, 2.45) is 0 Å². The molecule has 0 aliphatic rings. The van der Waals surface area contributed by atoms with E-state index in [4.69, 9.17) is 19.2 Å². The monoisotopic (exact) mass is 188 g/mol. The molecule has 0 heterocycles. The summed E-state index contributed by atoms with van der Waals surface area (Å²) in [4.78, 5) is 33.5. The van der Waals surface area contributed by atoms with E-state index in [1.54, 1.807) is 0 Å². The second kappa shape index (κ2) is 94.7. The third-order valence-corrected chi connectivity index (χ3v) is 0.0417.